The number of rotatable bonds is 3. The van der Waals surface area contributed by atoms with Crippen LogP contribution in [0.15, 0.2) is 46.9 Å². The molecule has 0 aliphatic carbocycles. The standard InChI is InChI=1S/C16H12ClNO3/c1-2-20-16(19)11-5-8-13-14(9-11)21-15(18-13)10-3-6-12(17)7-4-10/h3-9H,2H2,1H3. The lowest BCUT2D eigenvalue weighted by molar-refractivity contribution is 0.0526. The molecule has 0 fully saturated rings. The van der Waals surface area contributed by atoms with Gasteiger partial charge in [0.2, 0.25) is 5.89 Å². The molecule has 5 heteroatoms. The Morgan fingerprint density at radius 2 is 2.00 bits per heavy atom. The minimum absolute atomic E-state index is 0.337. The van der Waals surface area contributed by atoms with Gasteiger partial charge < -0.3 is 9.15 Å². The number of oxazole rings is 1. The molecule has 3 rings (SSSR count). The average molecular weight is 302 g/mol. The van der Waals surface area contributed by atoms with Crippen molar-refractivity contribution in [1.82, 2.24) is 4.98 Å². The molecule has 0 saturated heterocycles. The average Bonchev–Trinajstić information content (AvgIpc) is 2.91. The Bertz CT molecular complexity index is 793. The van der Waals surface area contributed by atoms with Crippen molar-refractivity contribution < 1.29 is 13.9 Å². The van der Waals surface area contributed by atoms with Crippen LogP contribution in [-0.4, -0.2) is 17.6 Å². The highest BCUT2D eigenvalue weighted by molar-refractivity contribution is 6.30. The summed E-state index contributed by atoms with van der Waals surface area (Å²) in [4.78, 5) is 16.1. The number of carbonyl (C=O) groups excluding carboxylic acids is 1. The Labute approximate surface area is 126 Å². The second-order valence-electron chi connectivity index (χ2n) is 4.43. The fourth-order valence-corrected chi connectivity index (χ4v) is 2.11. The second kappa shape index (κ2) is 5.58. The Hall–Kier alpha value is -2.33. The number of fused-ring (bicyclic) bond motifs is 1. The van der Waals surface area contributed by atoms with Crippen LogP contribution in [0.4, 0.5) is 0 Å². The number of aromatic nitrogens is 1. The highest BCUT2D eigenvalue weighted by Gasteiger charge is 2.12. The maximum absolute atomic E-state index is 11.7. The molecule has 2 aromatic carbocycles. The van der Waals surface area contributed by atoms with Crippen molar-refractivity contribution in [2.24, 2.45) is 0 Å². The highest BCUT2D eigenvalue weighted by atomic mass is 35.5. The number of benzene rings is 2. The number of carbonyl (C=O) groups is 1. The van der Waals surface area contributed by atoms with Crippen molar-refractivity contribution in [2.45, 2.75) is 6.92 Å². The van der Waals surface area contributed by atoms with Crippen molar-refractivity contribution in [2.75, 3.05) is 6.61 Å². The van der Waals surface area contributed by atoms with Gasteiger partial charge in [-0.25, -0.2) is 9.78 Å². The van der Waals surface area contributed by atoms with Crippen molar-refractivity contribution in [3.63, 3.8) is 0 Å². The third kappa shape index (κ3) is 2.76. The smallest absolute Gasteiger partial charge is 0.338 e. The molecule has 0 spiro atoms. The molecule has 0 aliphatic heterocycles. The number of esters is 1. The molecule has 0 N–H and O–H groups in total. The predicted molar refractivity (Wildman–Crippen MR) is 80.4 cm³/mol. The zero-order valence-electron chi connectivity index (χ0n) is 11.3. The normalized spacial score (nSPS) is 10.8. The van der Waals surface area contributed by atoms with Crippen molar-refractivity contribution in [1.29, 1.82) is 0 Å². The predicted octanol–water partition coefficient (Wildman–Crippen LogP) is 4.32. The molecular formula is C16H12ClNO3. The van der Waals surface area contributed by atoms with Crippen molar-refractivity contribution in [3.05, 3.63) is 53.1 Å². The van der Waals surface area contributed by atoms with E-state index in [-0.39, 0.29) is 5.97 Å². The van der Waals surface area contributed by atoms with E-state index in [0.717, 1.165) is 5.56 Å². The maximum Gasteiger partial charge on any atom is 0.338 e. The van der Waals surface area contributed by atoms with Crippen molar-refractivity contribution >= 4 is 28.7 Å². The van der Waals surface area contributed by atoms with Crippen LogP contribution in [-0.2, 0) is 4.74 Å². The zero-order chi connectivity index (χ0) is 14.8. The molecule has 0 radical (unpaired) electrons. The Kier molecular flexibility index (Phi) is 3.62. The molecule has 0 unspecified atom stereocenters. The second-order valence-corrected chi connectivity index (χ2v) is 4.87. The summed E-state index contributed by atoms with van der Waals surface area (Å²) in [6.07, 6.45) is 0. The number of nitrogens with zero attached hydrogens (tertiary/aromatic N) is 1. The third-order valence-electron chi connectivity index (χ3n) is 2.99. The van der Waals surface area contributed by atoms with Gasteiger partial charge in [0.1, 0.15) is 5.52 Å². The van der Waals surface area contributed by atoms with Gasteiger partial charge in [-0.05, 0) is 49.4 Å². The highest BCUT2D eigenvalue weighted by Crippen LogP contribution is 2.26. The first-order chi connectivity index (χ1) is 10.2. The van der Waals surface area contributed by atoms with E-state index in [9.17, 15) is 4.79 Å². The topological polar surface area (TPSA) is 52.3 Å². The van der Waals surface area contributed by atoms with Gasteiger partial charge in [-0.15, -0.1) is 0 Å². The Morgan fingerprint density at radius 1 is 1.24 bits per heavy atom. The zero-order valence-corrected chi connectivity index (χ0v) is 12.1. The van der Waals surface area contributed by atoms with E-state index >= 15 is 0 Å². The summed E-state index contributed by atoms with van der Waals surface area (Å²) in [5.74, 6) is 0.117. The number of hydrogen-bond donors (Lipinski definition) is 0. The number of ether oxygens (including phenoxy) is 1. The molecule has 1 heterocycles. The van der Waals surface area contributed by atoms with Crippen LogP contribution in [0.3, 0.4) is 0 Å². The first-order valence-corrected chi connectivity index (χ1v) is 6.89. The summed E-state index contributed by atoms with van der Waals surface area (Å²) < 4.78 is 10.7. The number of halogens is 1. The van der Waals surface area contributed by atoms with Crippen LogP contribution in [0.5, 0.6) is 0 Å². The minimum Gasteiger partial charge on any atom is -0.462 e. The molecule has 0 amide bonds. The molecule has 0 atom stereocenters. The molecule has 0 aliphatic rings. The van der Waals surface area contributed by atoms with Crippen LogP contribution >= 0.6 is 11.6 Å². The van der Waals surface area contributed by atoms with Crippen LogP contribution in [0.1, 0.15) is 17.3 Å². The van der Waals surface area contributed by atoms with E-state index in [1.807, 2.05) is 12.1 Å². The Morgan fingerprint density at radius 3 is 2.71 bits per heavy atom. The maximum atomic E-state index is 11.7. The fourth-order valence-electron chi connectivity index (χ4n) is 1.98. The summed E-state index contributed by atoms with van der Waals surface area (Å²) in [5.41, 5.74) is 2.51. The van der Waals surface area contributed by atoms with Gasteiger partial charge in [0.15, 0.2) is 5.58 Å². The molecule has 0 bridgehead atoms. The van der Waals surface area contributed by atoms with Crippen LogP contribution < -0.4 is 0 Å². The summed E-state index contributed by atoms with van der Waals surface area (Å²) in [6.45, 7) is 2.10. The number of hydrogen-bond acceptors (Lipinski definition) is 4. The first-order valence-electron chi connectivity index (χ1n) is 6.51. The monoisotopic (exact) mass is 301 g/mol. The first kappa shape index (κ1) is 13.6. The molecule has 1 aromatic heterocycles. The summed E-state index contributed by atoms with van der Waals surface area (Å²) >= 11 is 5.86. The molecule has 3 aromatic rings. The lowest BCUT2D eigenvalue weighted by Crippen LogP contribution is -2.03. The fraction of sp³-hybridized carbons (Fsp3) is 0.125. The van der Waals surface area contributed by atoms with Crippen molar-refractivity contribution in [3.8, 4) is 11.5 Å². The van der Waals surface area contributed by atoms with E-state index in [2.05, 4.69) is 4.98 Å². The molecule has 106 valence electrons. The third-order valence-corrected chi connectivity index (χ3v) is 3.24. The quantitative estimate of drug-likeness (QED) is 0.676. The van der Waals surface area contributed by atoms with Gasteiger partial charge in [-0.3, -0.25) is 0 Å². The van der Waals surface area contributed by atoms with E-state index in [1.165, 1.54) is 0 Å². The largest absolute Gasteiger partial charge is 0.462 e. The van der Waals surface area contributed by atoms with E-state index < -0.39 is 0 Å². The summed E-state index contributed by atoms with van der Waals surface area (Å²) in [7, 11) is 0. The van der Waals surface area contributed by atoms with Gasteiger partial charge in [0.05, 0.1) is 12.2 Å². The van der Waals surface area contributed by atoms with E-state index in [1.54, 1.807) is 37.3 Å². The lowest BCUT2D eigenvalue weighted by Gasteiger charge is -2.00. The van der Waals surface area contributed by atoms with Crippen LogP contribution in [0.25, 0.3) is 22.6 Å². The van der Waals surface area contributed by atoms with Gasteiger partial charge in [0, 0.05) is 10.6 Å². The van der Waals surface area contributed by atoms with Gasteiger partial charge in [-0.1, -0.05) is 11.6 Å². The molecule has 4 nitrogen and oxygen atoms in total. The van der Waals surface area contributed by atoms with Gasteiger partial charge >= 0.3 is 5.97 Å². The molecule has 0 saturated carbocycles. The van der Waals surface area contributed by atoms with E-state index in [4.69, 9.17) is 20.8 Å². The van der Waals surface area contributed by atoms with Gasteiger partial charge in [-0.2, -0.15) is 0 Å². The minimum atomic E-state index is -0.371. The van der Waals surface area contributed by atoms with Crippen LogP contribution in [0.2, 0.25) is 5.02 Å². The SMILES string of the molecule is CCOC(=O)c1ccc2nc(-c3ccc(Cl)cc3)oc2c1. The van der Waals surface area contributed by atoms with Crippen LogP contribution in [0, 0.1) is 0 Å². The summed E-state index contributed by atoms with van der Waals surface area (Å²) in [5, 5.41) is 0.652. The molecular weight excluding hydrogens is 290 g/mol. The lowest BCUT2D eigenvalue weighted by atomic mass is 10.2. The molecule has 21 heavy (non-hydrogen) atoms. The Balaban J connectivity index is 2.00. The van der Waals surface area contributed by atoms with Gasteiger partial charge in [0.25, 0.3) is 0 Å². The van der Waals surface area contributed by atoms with E-state index in [0.29, 0.717) is 34.2 Å². The summed E-state index contributed by atoms with van der Waals surface area (Å²) in [6, 6.07) is 12.3.